The van der Waals surface area contributed by atoms with Gasteiger partial charge in [0.1, 0.15) is 73.2 Å². The summed E-state index contributed by atoms with van der Waals surface area (Å²) >= 11 is 0. The van der Waals surface area contributed by atoms with E-state index in [1.54, 1.807) is 0 Å². The van der Waals surface area contributed by atoms with Gasteiger partial charge in [0.2, 0.25) is 35.4 Å². The maximum atomic E-state index is 12.6. The zero-order valence-corrected chi connectivity index (χ0v) is 50.6. The predicted octanol–water partition coefficient (Wildman–Crippen LogP) is -8.27. The molecule has 6 amide bonds. The number of carbonyl (C=O) groups is 6. The van der Waals surface area contributed by atoms with E-state index in [0.29, 0.717) is 77.4 Å². The third-order valence-corrected chi connectivity index (χ3v) is 14.4. The van der Waals surface area contributed by atoms with Crippen molar-refractivity contribution < 1.29 is 133 Å². The molecule has 15 atom stereocenters. The van der Waals surface area contributed by atoms with Gasteiger partial charge in [-0.15, -0.1) is 0 Å². The Hall–Kier alpha value is -4.06. The van der Waals surface area contributed by atoms with Gasteiger partial charge in [-0.3, -0.25) is 28.8 Å². The summed E-state index contributed by atoms with van der Waals surface area (Å²) in [6, 6.07) is 0. The van der Waals surface area contributed by atoms with Crippen molar-refractivity contribution >= 4 is 35.4 Å². The van der Waals surface area contributed by atoms with Crippen molar-refractivity contribution in [2.45, 2.75) is 194 Å². The van der Waals surface area contributed by atoms with Crippen LogP contribution >= 0.6 is 0 Å². The van der Waals surface area contributed by atoms with Gasteiger partial charge in [-0.2, -0.15) is 0 Å². The fraction of sp³-hybridized carbons (Fsp3) is 0.891. The Labute approximate surface area is 517 Å². The molecule has 3 aliphatic heterocycles. The molecule has 34 nitrogen and oxygen atoms in total. The molecule has 89 heavy (non-hydrogen) atoms. The highest BCUT2D eigenvalue weighted by Gasteiger charge is 2.46. The van der Waals surface area contributed by atoms with Crippen LogP contribution in [0.4, 0.5) is 0 Å². The van der Waals surface area contributed by atoms with Crippen molar-refractivity contribution in [2.24, 2.45) is 5.73 Å². The Morgan fingerprint density at radius 2 is 0.562 bits per heavy atom. The van der Waals surface area contributed by atoms with Crippen LogP contribution in [0.3, 0.4) is 0 Å². The molecule has 20 N–H and O–H groups in total. The zero-order valence-electron chi connectivity index (χ0n) is 50.6. The maximum absolute atomic E-state index is 12.6. The average molecular weight is 1290 g/mol. The Bertz CT molecular complexity index is 1780. The topological polar surface area (TPSA) is 526 Å². The second kappa shape index (κ2) is 45.3. The smallest absolute Gasteiger partial charge is 0.222 e. The highest BCUT2D eigenvalue weighted by molar-refractivity contribution is 5.78. The minimum atomic E-state index is -1.55. The van der Waals surface area contributed by atoms with Crippen LogP contribution in [0.1, 0.15) is 96.3 Å². The summed E-state index contributed by atoms with van der Waals surface area (Å²) in [5, 5.41) is 134. The third kappa shape index (κ3) is 31.4. The van der Waals surface area contributed by atoms with Gasteiger partial charge >= 0.3 is 0 Å². The van der Waals surface area contributed by atoms with E-state index >= 15 is 0 Å². The van der Waals surface area contributed by atoms with Crippen molar-refractivity contribution in [2.75, 3.05) is 119 Å². The number of carbonyl (C=O) groups excluding carboxylic acids is 6. The molecule has 0 aromatic rings. The Morgan fingerprint density at radius 3 is 0.798 bits per heavy atom. The summed E-state index contributed by atoms with van der Waals surface area (Å²) in [4.78, 5) is 74.6. The first-order chi connectivity index (χ1) is 42.6. The van der Waals surface area contributed by atoms with Crippen LogP contribution in [0, 0.1) is 0 Å². The molecule has 0 radical (unpaired) electrons. The lowest BCUT2D eigenvalue weighted by atomic mass is 9.99. The Balaban J connectivity index is 1.29. The standard InChI is InChI=1S/C55H101N7O27/c56-55(31-81-25-13-40(69)60-19-7-16-57-37(66)10-1-4-22-84-52-49(78)46(75)43(72)34(28-63)87-52,32-82-26-14-41(70)61-20-8-17-58-38(67)11-2-5-23-85-53-50(79)47(76)44(73)35(29-64)88-53)33-83-27-15-42(71)62-21-9-18-59-39(68)12-3-6-24-86-54-51(80)48(77)45(74)36(30-65)89-54/h34-36,43-54,63-65,72-80H,1-33,56H2,(H,57,66)(H,58,67)(H,59,68)(H,60,69)(H,61,70)(H,62,71). The molecule has 0 saturated carbocycles. The van der Waals surface area contributed by atoms with Crippen molar-refractivity contribution in [3.8, 4) is 0 Å². The normalized spacial score (nSPS) is 27.7. The molecule has 3 rings (SSSR count). The lowest BCUT2D eigenvalue weighted by Gasteiger charge is -2.39. The minimum absolute atomic E-state index is 0.0256. The van der Waals surface area contributed by atoms with E-state index in [9.17, 15) is 90.0 Å². The van der Waals surface area contributed by atoms with Gasteiger partial charge in [0, 0.05) is 97.6 Å². The first-order valence-corrected chi connectivity index (χ1v) is 30.5. The largest absolute Gasteiger partial charge is 0.394 e. The van der Waals surface area contributed by atoms with Gasteiger partial charge in [-0.1, -0.05) is 0 Å². The maximum Gasteiger partial charge on any atom is 0.222 e. The van der Waals surface area contributed by atoms with Crippen molar-refractivity contribution in [1.82, 2.24) is 31.9 Å². The van der Waals surface area contributed by atoms with E-state index in [4.69, 9.17) is 48.4 Å². The van der Waals surface area contributed by atoms with Gasteiger partial charge in [0.05, 0.1) is 65.0 Å². The molecule has 0 spiro atoms. The number of hydrogen-bond donors (Lipinski definition) is 19. The number of aliphatic hydroxyl groups is 12. The van der Waals surface area contributed by atoms with Crippen LogP contribution in [0.2, 0.25) is 0 Å². The SMILES string of the molecule is NC(COCCC(=O)NCCCNC(=O)CCCCOC1OC(CO)C(O)C(O)C1O)(COCCC(=O)NCCCNC(=O)CCCCOC1OC(CO)C(O)C(O)C1O)COCCC(=O)NCCCNC(=O)CCCCOC1OC(CO)C(O)C(O)C1O. The summed E-state index contributed by atoms with van der Waals surface area (Å²) in [5.41, 5.74) is 5.38. The second-order valence-corrected chi connectivity index (χ2v) is 22.0. The van der Waals surface area contributed by atoms with E-state index in [-0.39, 0.29) is 153 Å². The molecule has 3 aliphatic rings. The van der Waals surface area contributed by atoms with E-state index in [0.717, 1.165) is 0 Å². The number of ether oxygens (including phenoxy) is 9. The number of hydrogen-bond acceptors (Lipinski definition) is 28. The number of unbranched alkanes of at least 4 members (excludes halogenated alkanes) is 3. The summed E-state index contributed by atoms with van der Waals surface area (Å²) in [6.45, 7) is -0.269. The van der Waals surface area contributed by atoms with Crippen molar-refractivity contribution in [3.63, 3.8) is 0 Å². The van der Waals surface area contributed by atoms with Gasteiger partial charge < -0.3 is 142 Å². The Morgan fingerprint density at radius 1 is 0.326 bits per heavy atom. The lowest BCUT2D eigenvalue weighted by molar-refractivity contribution is -0.301. The molecule has 0 aliphatic carbocycles. The van der Waals surface area contributed by atoms with Gasteiger partial charge in [0.15, 0.2) is 18.9 Å². The highest BCUT2D eigenvalue weighted by Crippen LogP contribution is 2.25. The highest BCUT2D eigenvalue weighted by atomic mass is 16.7. The van der Waals surface area contributed by atoms with Crippen LogP contribution < -0.4 is 37.6 Å². The molecule has 518 valence electrons. The van der Waals surface area contributed by atoms with E-state index in [1.165, 1.54) is 0 Å². The zero-order chi connectivity index (χ0) is 65.6. The molecular formula is C55H101N7O27. The molecule has 15 unspecified atom stereocenters. The first-order valence-electron chi connectivity index (χ1n) is 30.5. The number of rotatable bonds is 48. The summed E-state index contributed by atoms with van der Waals surface area (Å²) in [7, 11) is 0. The van der Waals surface area contributed by atoms with Crippen LogP contribution in [0.5, 0.6) is 0 Å². The quantitative estimate of drug-likeness (QED) is 0.0252. The van der Waals surface area contributed by atoms with E-state index < -0.39 is 117 Å². The fourth-order valence-electron chi connectivity index (χ4n) is 8.98. The van der Waals surface area contributed by atoms with Crippen molar-refractivity contribution in [1.29, 1.82) is 0 Å². The lowest BCUT2D eigenvalue weighted by Crippen LogP contribution is -2.59. The third-order valence-electron chi connectivity index (χ3n) is 14.4. The summed E-state index contributed by atoms with van der Waals surface area (Å²) in [5.74, 6) is -1.63. The molecule has 0 aromatic carbocycles. The van der Waals surface area contributed by atoms with Crippen molar-refractivity contribution in [3.05, 3.63) is 0 Å². The van der Waals surface area contributed by atoms with Crippen LogP contribution in [0.15, 0.2) is 0 Å². The van der Waals surface area contributed by atoms with Gasteiger partial charge in [-0.05, 0) is 57.8 Å². The molecule has 3 fully saturated rings. The summed E-state index contributed by atoms with van der Waals surface area (Å²) < 4.78 is 49.5. The van der Waals surface area contributed by atoms with Gasteiger partial charge in [-0.25, -0.2) is 0 Å². The summed E-state index contributed by atoms with van der Waals surface area (Å²) in [6.07, 6.45) is -16.3. The van der Waals surface area contributed by atoms with Crippen LogP contribution in [0.25, 0.3) is 0 Å². The number of aliphatic hydroxyl groups excluding tert-OH is 12. The van der Waals surface area contributed by atoms with E-state index in [2.05, 4.69) is 31.9 Å². The predicted molar refractivity (Wildman–Crippen MR) is 306 cm³/mol. The number of nitrogens with two attached hydrogens (primary N) is 1. The molecule has 3 heterocycles. The molecule has 3 saturated heterocycles. The van der Waals surface area contributed by atoms with Crippen LogP contribution in [-0.2, 0) is 71.4 Å². The Kier molecular flexibility index (Phi) is 40.3. The number of nitrogens with one attached hydrogen (secondary N) is 6. The molecule has 0 aromatic heterocycles. The van der Waals surface area contributed by atoms with E-state index in [1.807, 2.05) is 0 Å². The molecule has 34 heteroatoms. The minimum Gasteiger partial charge on any atom is -0.394 e. The second-order valence-electron chi connectivity index (χ2n) is 22.0. The monoisotopic (exact) mass is 1290 g/mol. The molecular weight excluding hydrogens is 1190 g/mol. The fourth-order valence-corrected chi connectivity index (χ4v) is 8.98. The first kappa shape index (κ1) is 79.2. The van der Waals surface area contributed by atoms with Crippen LogP contribution in [-0.4, -0.2) is 313 Å². The average Bonchev–Trinajstić information content (AvgIpc) is 2.00. The molecule has 0 bridgehead atoms. The number of amides is 6. The van der Waals surface area contributed by atoms with Gasteiger partial charge in [0.25, 0.3) is 0 Å².